The molecule has 0 radical (unpaired) electrons. The van der Waals surface area contributed by atoms with Gasteiger partial charge in [0.15, 0.2) is 0 Å². The quantitative estimate of drug-likeness (QED) is 0.630. The number of methoxy groups -OCH3 is 1. The van der Waals surface area contributed by atoms with Gasteiger partial charge in [-0.25, -0.2) is 4.79 Å². The molecule has 2 rings (SSSR count). The maximum atomic E-state index is 12.3. The molecule has 1 amide bonds. The predicted octanol–water partition coefficient (Wildman–Crippen LogP) is 1.29. The van der Waals surface area contributed by atoms with Crippen molar-refractivity contribution in [3.05, 3.63) is 46.5 Å². The van der Waals surface area contributed by atoms with E-state index in [4.69, 9.17) is 16.3 Å². The van der Waals surface area contributed by atoms with E-state index in [2.05, 4.69) is 5.32 Å². The molecule has 0 aromatic heterocycles. The van der Waals surface area contributed by atoms with Crippen LogP contribution in [0.4, 0.5) is 0 Å². The smallest absolute Gasteiger partial charge is 0.327 e. The van der Waals surface area contributed by atoms with Crippen molar-refractivity contribution in [3.63, 3.8) is 0 Å². The van der Waals surface area contributed by atoms with Gasteiger partial charge in [-0.05, 0) is 23.6 Å². The zero-order valence-electron chi connectivity index (χ0n) is 13.7. The van der Waals surface area contributed by atoms with Crippen molar-refractivity contribution in [2.45, 2.75) is 18.6 Å². The van der Waals surface area contributed by atoms with Crippen LogP contribution >= 0.6 is 11.6 Å². The summed E-state index contributed by atoms with van der Waals surface area (Å²) >= 11 is 6.25. The number of amides is 1. The molecule has 24 heavy (non-hydrogen) atoms. The predicted molar refractivity (Wildman–Crippen MR) is 90.6 cm³/mol. The van der Waals surface area contributed by atoms with Crippen LogP contribution in [0.5, 0.6) is 0 Å². The van der Waals surface area contributed by atoms with Crippen molar-refractivity contribution < 1.29 is 19.4 Å². The van der Waals surface area contributed by atoms with E-state index >= 15 is 0 Å². The van der Waals surface area contributed by atoms with Gasteiger partial charge in [-0.2, -0.15) is 0 Å². The number of rotatable bonds is 4. The molecule has 2 unspecified atom stereocenters. The maximum absolute atomic E-state index is 12.3. The number of carbonyl (C=O) groups excluding carboxylic acids is 2. The SMILES string of the molecule is CNC(=O)/C=C1/CN(C(C(=O)OC)c2ccccc2Cl)CCC1O. The van der Waals surface area contributed by atoms with Gasteiger partial charge in [0.1, 0.15) is 6.04 Å². The van der Waals surface area contributed by atoms with Crippen LogP contribution in [-0.4, -0.2) is 55.2 Å². The van der Waals surface area contributed by atoms with Crippen LogP contribution in [-0.2, 0) is 14.3 Å². The van der Waals surface area contributed by atoms with Crippen LogP contribution in [0.15, 0.2) is 35.9 Å². The normalized spacial score (nSPS) is 21.3. The molecule has 1 saturated heterocycles. The minimum absolute atomic E-state index is 0.277. The van der Waals surface area contributed by atoms with E-state index < -0.39 is 18.1 Å². The number of hydrogen-bond donors (Lipinski definition) is 2. The highest BCUT2D eigenvalue weighted by Crippen LogP contribution is 2.32. The van der Waals surface area contributed by atoms with Gasteiger partial charge in [0.05, 0.1) is 13.2 Å². The molecule has 0 bridgehead atoms. The van der Waals surface area contributed by atoms with Crippen molar-refractivity contribution in [1.29, 1.82) is 0 Å². The summed E-state index contributed by atoms with van der Waals surface area (Å²) in [7, 11) is 2.85. The molecule has 2 N–H and O–H groups in total. The summed E-state index contributed by atoms with van der Waals surface area (Å²) in [4.78, 5) is 25.8. The lowest BCUT2D eigenvalue weighted by Crippen LogP contribution is -2.43. The molecule has 1 aliphatic heterocycles. The zero-order valence-corrected chi connectivity index (χ0v) is 14.4. The lowest BCUT2D eigenvalue weighted by atomic mass is 9.96. The minimum atomic E-state index is -0.705. The second kappa shape index (κ2) is 8.28. The number of likely N-dealkylation sites (N-methyl/N-ethyl adjacent to an activating group) is 1. The van der Waals surface area contributed by atoms with Crippen LogP contribution < -0.4 is 5.32 Å². The zero-order chi connectivity index (χ0) is 17.7. The van der Waals surface area contributed by atoms with Crippen LogP contribution in [0.25, 0.3) is 0 Å². The first-order valence-electron chi connectivity index (χ1n) is 7.64. The Morgan fingerprint density at radius 2 is 2.17 bits per heavy atom. The number of nitrogens with one attached hydrogen (secondary N) is 1. The summed E-state index contributed by atoms with van der Waals surface area (Å²) in [6.45, 7) is 0.761. The second-order valence-electron chi connectivity index (χ2n) is 5.56. The maximum Gasteiger partial charge on any atom is 0.327 e. The lowest BCUT2D eigenvalue weighted by Gasteiger charge is -2.36. The van der Waals surface area contributed by atoms with Crippen LogP contribution in [0.2, 0.25) is 5.02 Å². The third-order valence-electron chi connectivity index (χ3n) is 4.06. The third-order valence-corrected chi connectivity index (χ3v) is 4.40. The minimum Gasteiger partial charge on any atom is -0.468 e. The number of halogens is 1. The summed E-state index contributed by atoms with van der Waals surface area (Å²) in [5.41, 5.74) is 1.20. The van der Waals surface area contributed by atoms with Gasteiger partial charge in [-0.1, -0.05) is 29.8 Å². The summed E-state index contributed by atoms with van der Waals surface area (Å²) in [6.07, 6.45) is 1.08. The Morgan fingerprint density at radius 1 is 1.46 bits per heavy atom. The van der Waals surface area contributed by atoms with Crippen molar-refractivity contribution in [2.75, 3.05) is 27.2 Å². The van der Waals surface area contributed by atoms with E-state index in [1.807, 2.05) is 4.90 Å². The fourth-order valence-electron chi connectivity index (χ4n) is 2.78. The highest BCUT2D eigenvalue weighted by atomic mass is 35.5. The summed E-state index contributed by atoms with van der Waals surface area (Å²) in [5, 5.41) is 13.1. The number of benzene rings is 1. The first kappa shape index (κ1) is 18.4. The first-order valence-corrected chi connectivity index (χ1v) is 8.02. The lowest BCUT2D eigenvalue weighted by molar-refractivity contribution is -0.147. The average Bonchev–Trinajstić information content (AvgIpc) is 2.59. The molecule has 1 aliphatic rings. The molecule has 1 aromatic carbocycles. The number of aliphatic hydroxyl groups excluding tert-OH is 1. The van der Waals surface area contributed by atoms with E-state index in [0.717, 1.165) is 0 Å². The Bertz CT molecular complexity index is 647. The van der Waals surface area contributed by atoms with E-state index in [9.17, 15) is 14.7 Å². The van der Waals surface area contributed by atoms with Crippen molar-refractivity contribution >= 4 is 23.5 Å². The Balaban J connectivity index is 2.34. The van der Waals surface area contributed by atoms with Crippen LogP contribution in [0.1, 0.15) is 18.0 Å². The number of ether oxygens (including phenoxy) is 1. The van der Waals surface area contributed by atoms with Crippen molar-refractivity contribution in [1.82, 2.24) is 10.2 Å². The highest BCUT2D eigenvalue weighted by Gasteiger charge is 2.34. The van der Waals surface area contributed by atoms with Crippen molar-refractivity contribution in [3.8, 4) is 0 Å². The largest absolute Gasteiger partial charge is 0.468 e. The van der Waals surface area contributed by atoms with Gasteiger partial charge >= 0.3 is 5.97 Å². The van der Waals surface area contributed by atoms with E-state index in [0.29, 0.717) is 29.1 Å². The fourth-order valence-corrected chi connectivity index (χ4v) is 3.02. The number of hydrogen-bond acceptors (Lipinski definition) is 5. The Hall–Kier alpha value is -1.89. The topological polar surface area (TPSA) is 78.9 Å². The molecule has 1 fully saturated rings. The molecular weight excluding hydrogens is 332 g/mol. The number of nitrogens with zero attached hydrogens (tertiary/aromatic N) is 1. The number of esters is 1. The Kier molecular flexibility index (Phi) is 6.36. The number of likely N-dealkylation sites (tertiary alicyclic amines) is 1. The Morgan fingerprint density at radius 3 is 2.79 bits per heavy atom. The molecule has 2 atom stereocenters. The number of aliphatic hydroxyl groups is 1. The summed E-state index contributed by atoms with van der Waals surface area (Å²) in [6, 6.07) is 6.39. The summed E-state index contributed by atoms with van der Waals surface area (Å²) < 4.78 is 4.94. The highest BCUT2D eigenvalue weighted by molar-refractivity contribution is 6.31. The van der Waals surface area contributed by atoms with Gasteiger partial charge in [-0.15, -0.1) is 0 Å². The summed E-state index contributed by atoms with van der Waals surface area (Å²) in [5.74, 6) is -0.725. The van der Waals surface area contributed by atoms with Crippen LogP contribution in [0, 0.1) is 0 Å². The van der Waals surface area contributed by atoms with E-state index in [1.54, 1.807) is 24.3 Å². The fraction of sp³-hybridized carbons (Fsp3) is 0.412. The number of piperidine rings is 1. The molecule has 1 aromatic rings. The molecule has 6 nitrogen and oxygen atoms in total. The van der Waals surface area contributed by atoms with Gasteiger partial charge in [-0.3, -0.25) is 9.69 Å². The molecular formula is C17H21ClN2O4. The Labute approximate surface area is 146 Å². The average molecular weight is 353 g/mol. The van der Waals surface area contributed by atoms with Crippen LogP contribution in [0.3, 0.4) is 0 Å². The monoisotopic (exact) mass is 352 g/mol. The number of carbonyl (C=O) groups is 2. The van der Waals surface area contributed by atoms with Gasteiger partial charge in [0.2, 0.25) is 5.91 Å². The van der Waals surface area contributed by atoms with Crippen molar-refractivity contribution in [2.24, 2.45) is 0 Å². The van der Waals surface area contributed by atoms with Gasteiger partial charge in [0.25, 0.3) is 0 Å². The standard InChI is InChI=1S/C17H21ClN2O4/c1-19-15(22)9-11-10-20(8-7-14(11)21)16(17(23)24-2)12-5-3-4-6-13(12)18/h3-6,9,14,16,21H,7-8,10H2,1-2H3,(H,19,22)/b11-9-. The first-order chi connectivity index (χ1) is 11.5. The molecule has 1 heterocycles. The van der Waals surface area contributed by atoms with E-state index in [-0.39, 0.29) is 12.5 Å². The van der Waals surface area contributed by atoms with Gasteiger partial charge < -0.3 is 15.2 Å². The third kappa shape index (κ3) is 4.14. The molecule has 0 spiro atoms. The molecule has 0 saturated carbocycles. The van der Waals surface area contributed by atoms with E-state index in [1.165, 1.54) is 20.2 Å². The molecule has 130 valence electrons. The van der Waals surface area contributed by atoms with Gasteiger partial charge in [0, 0.05) is 31.2 Å². The second-order valence-corrected chi connectivity index (χ2v) is 5.96. The molecule has 7 heteroatoms. The molecule has 0 aliphatic carbocycles.